The van der Waals surface area contributed by atoms with Crippen LogP contribution in [0, 0.1) is 0 Å². The molecule has 3 N–H and O–H groups in total. The highest BCUT2D eigenvalue weighted by Crippen LogP contribution is 2.19. The van der Waals surface area contributed by atoms with Gasteiger partial charge in [-0.15, -0.1) is 0 Å². The number of anilines is 2. The predicted octanol–water partition coefficient (Wildman–Crippen LogP) is 4.00. The van der Waals surface area contributed by atoms with E-state index in [0.717, 1.165) is 5.56 Å². The Balaban J connectivity index is 1.63. The van der Waals surface area contributed by atoms with Crippen molar-refractivity contribution < 1.29 is 14.3 Å². The van der Waals surface area contributed by atoms with Gasteiger partial charge in [0, 0.05) is 5.69 Å². The Kier molecular flexibility index (Phi) is 7.13. The fraction of sp³-hybridized carbons (Fsp3) is 0.0870. The van der Waals surface area contributed by atoms with Crippen molar-refractivity contribution in [3.63, 3.8) is 0 Å². The number of methoxy groups -OCH3 is 1. The Morgan fingerprint density at radius 3 is 2.23 bits per heavy atom. The highest BCUT2D eigenvalue weighted by atomic mass is 32.1. The molecule has 0 bridgehead atoms. The van der Waals surface area contributed by atoms with Crippen LogP contribution in [0.4, 0.5) is 11.4 Å². The zero-order valence-electron chi connectivity index (χ0n) is 16.3. The van der Waals surface area contributed by atoms with Crippen LogP contribution in [0.25, 0.3) is 0 Å². The van der Waals surface area contributed by atoms with E-state index in [1.165, 1.54) is 0 Å². The zero-order chi connectivity index (χ0) is 21.3. The van der Waals surface area contributed by atoms with Crippen molar-refractivity contribution in [3.05, 3.63) is 90.0 Å². The van der Waals surface area contributed by atoms with Crippen LogP contribution in [0.3, 0.4) is 0 Å². The summed E-state index contributed by atoms with van der Waals surface area (Å²) in [6.45, 7) is 0. The monoisotopic (exact) mass is 419 g/mol. The average Bonchev–Trinajstić information content (AvgIpc) is 2.75. The number of para-hydroxylation sites is 1. The van der Waals surface area contributed by atoms with Gasteiger partial charge in [-0.3, -0.25) is 9.59 Å². The number of carbonyl (C=O) groups is 2. The number of nitrogens with one attached hydrogen (secondary N) is 3. The zero-order valence-corrected chi connectivity index (χ0v) is 17.2. The Bertz CT molecular complexity index is 1040. The van der Waals surface area contributed by atoms with E-state index in [2.05, 4.69) is 16.0 Å². The van der Waals surface area contributed by atoms with Crippen LogP contribution in [0.15, 0.2) is 78.9 Å². The summed E-state index contributed by atoms with van der Waals surface area (Å²) in [5.74, 6) is 0.159. The molecule has 0 saturated carbocycles. The van der Waals surface area contributed by atoms with Gasteiger partial charge in [0.05, 0.1) is 24.8 Å². The van der Waals surface area contributed by atoms with Gasteiger partial charge in [-0.25, -0.2) is 0 Å². The number of amides is 2. The number of hydrogen-bond acceptors (Lipinski definition) is 4. The normalized spacial score (nSPS) is 10.0. The van der Waals surface area contributed by atoms with E-state index in [1.54, 1.807) is 55.6 Å². The number of hydrogen-bond donors (Lipinski definition) is 3. The minimum absolute atomic E-state index is 0.126. The maximum atomic E-state index is 12.7. The van der Waals surface area contributed by atoms with Crippen molar-refractivity contribution in [2.75, 3.05) is 17.7 Å². The lowest BCUT2D eigenvalue weighted by Gasteiger charge is -2.14. The third-order valence-corrected chi connectivity index (χ3v) is 4.43. The Morgan fingerprint density at radius 1 is 0.867 bits per heavy atom. The van der Waals surface area contributed by atoms with Gasteiger partial charge in [0.15, 0.2) is 5.11 Å². The number of benzene rings is 3. The van der Waals surface area contributed by atoms with Crippen molar-refractivity contribution >= 4 is 40.5 Å². The molecule has 2 amide bonds. The maximum Gasteiger partial charge on any atom is 0.257 e. The van der Waals surface area contributed by atoms with Crippen LogP contribution in [0.1, 0.15) is 15.9 Å². The molecule has 30 heavy (non-hydrogen) atoms. The van der Waals surface area contributed by atoms with E-state index in [0.29, 0.717) is 22.7 Å². The lowest BCUT2D eigenvalue weighted by atomic mass is 10.1. The van der Waals surface area contributed by atoms with E-state index in [9.17, 15) is 9.59 Å². The molecule has 0 saturated heterocycles. The summed E-state index contributed by atoms with van der Waals surface area (Å²) in [4.78, 5) is 24.9. The van der Waals surface area contributed by atoms with Gasteiger partial charge in [-0.05, 0) is 54.2 Å². The summed E-state index contributed by atoms with van der Waals surface area (Å²) < 4.78 is 5.12. The molecule has 0 heterocycles. The van der Waals surface area contributed by atoms with Crippen molar-refractivity contribution in [3.8, 4) is 5.75 Å². The molecule has 0 spiro atoms. The topological polar surface area (TPSA) is 79.5 Å². The van der Waals surface area contributed by atoms with Gasteiger partial charge in [-0.2, -0.15) is 0 Å². The summed E-state index contributed by atoms with van der Waals surface area (Å²) in [6, 6.07) is 23.3. The highest BCUT2D eigenvalue weighted by molar-refractivity contribution is 7.80. The van der Waals surface area contributed by atoms with Gasteiger partial charge in [0.1, 0.15) is 5.75 Å². The Labute approximate surface area is 180 Å². The molecule has 0 radical (unpaired) electrons. The first-order valence-electron chi connectivity index (χ1n) is 9.24. The quantitative estimate of drug-likeness (QED) is 0.526. The molecule has 3 aromatic carbocycles. The van der Waals surface area contributed by atoms with Crippen molar-refractivity contribution in [2.45, 2.75) is 6.42 Å². The molecule has 0 aliphatic heterocycles. The van der Waals surface area contributed by atoms with Crippen molar-refractivity contribution in [1.82, 2.24) is 5.32 Å². The molecule has 152 valence electrons. The molecule has 0 unspecified atom stereocenters. The fourth-order valence-electron chi connectivity index (χ4n) is 2.77. The second kappa shape index (κ2) is 10.2. The van der Waals surface area contributed by atoms with E-state index >= 15 is 0 Å². The lowest BCUT2D eigenvalue weighted by molar-refractivity contribution is -0.119. The van der Waals surface area contributed by atoms with Crippen molar-refractivity contribution in [1.29, 1.82) is 0 Å². The molecule has 0 aromatic heterocycles. The minimum atomic E-state index is -0.304. The van der Waals surface area contributed by atoms with Crippen LogP contribution in [0.5, 0.6) is 5.75 Å². The van der Waals surface area contributed by atoms with Crippen LogP contribution in [-0.4, -0.2) is 24.0 Å². The van der Waals surface area contributed by atoms with Gasteiger partial charge >= 0.3 is 0 Å². The van der Waals surface area contributed by atoms with E-state index < -0.39 is 0 Å². The van der Waals surface area contributed by atoms with E-state index in [1.807, 2.05) is 30.3 Å². The SMILES string of the molecule is COc1ccc(NC(=O)c2ccccc2NC(=S)NC(=O)Cc2ccccc2)cc1. The van der Waals surface area contributed by atoms with E-state index in [-0.39, 0.29) is 23.3 Å². The summed E-state index contributed by atoms with van der Waals surface area (Å²) >= 11 is 5.24. The lowest BCUT2D eigenvalue weighted by Crippen LogP contribution is -2.35. The molecular formula is C23H21N3O3S. The molecule has 7 heteroatoms. The minimum Gasteiger partial charge on any atom is -0.497 e. The summed E-state index contributed by atoms with van der Waals surface area (Å²) in [7, 11) is 1.58. The average molecular weight is 420 g/mol. The first-order chi connectivity index (χ1) is 14.5. The molecule has 0 atom stereocenters. The van der Waals surface area contributed by atoms with Gasteiger partial charge in [0.25, 0.3) is 5.91 Å². The highest BCUT2D eigenvalue weighted by Gasteiger charge is 2.13. The van der Waals surface area contributed by atoms with Crippen molar-refractivity contribution in [2.24, 2.45) is 0 Å². The Morgan fingerprint density at radius 2 is 1.53 bits per heavy atom. The number of thiocarbonyl (C=S) groups is 1. The van der Waals surface area contributed by atoms with Gasteiger partial charge in [-0.1, -0.05) is 42.5 Å². The molecule has 3 rings (SSSR count). The smallest absolute Gasteiger partial charge is 0.257 e. The number of rotatable bonds is 6. The molecule has 0 fully saturated rings. The molecule has 0 aliphatic carbocycles. The number of ether oxygens (including phenoxy) is 1. The van der Waals surface area contributed by atoms with Crippen LogP contribution < -0.4 is 20.7 Å². The molecule has 6 nitrogen and oxygen atoms in total. The van der Waals surface area contributed by atoms with Gasteiger partial charge in [0.2, 0.25) is 5.91 Å². The first kappa shape index (κ1) is 21.0. The molecule has 3 aromatic rings. The fourth-order valence-corrected chi connectivity index (χ4v) is 2.99. The molecular weight excluding hydrogens is 398 g/mol. The largest absolute Gasteiger partial charge is 0.497 e. The van der Waals surface area contributed by atoms with Crippen LogP contribution >= 0.6 is 12.2 Å². The first-order valence-corrected chi connectivity index (χ1v) is 9.65. The Hall–Kier alpha value is -3.71. The number of carbonyl (C=O) groups excluding carboxylic acids is 2. The summed E-state index contributed by atoms with van der Waals surface area (Å²) in [5.41, 5.74) is 2.41. The standard InChI is InChI=1S/C23H21N3O3S/c1-29-18-13-11-17(12-14-18)24-22(28)19-9-5-6-10-20(19)25-23(30)26-21(27)15-16-7-3-2-4-8-16/h2-14H,15H2,1H3,(H,24,28)(H2,25,26,27,30). The summed E-state index contributed by atoms with van der Waals surface area (Å²) in [6.07, 6.45) is 0.211. The third-order valence-electron chi connectivity index (χ3n) is 4.23. The second-order valence-electron chi connectivity index (χ2n) is 6.39. The maximum absolute atomic E-state index is 12.7. The second-order valence-corrected chi connectivity index (χ2v) is 6.80. The third kappa shape index (κ3) is 5.89. The van der Waals surface area contributed by atoms with E-state index in [4.69, 9.17) is 17.0 Å². The molecule has 0 aliphatic rings. The predicted molar refractivity (Wildman–Crippen MR) is 122 cm³/mol. The van der Waals surface area contributed by atoms with Crippen LogP contribution in [0.2, 0.25) is 0 Å². The van der Waals surface area contributed by atoms with Gasteiger partial charge < -0.3 is 20.7 Å². The van der Waals surface area contributed by atoms with Crippen LogP contribution in [-0.2, 0) is 11.2 Å². The summed E-state index contributed by atoms with van der Waals surface area (Å²) in [5, 5.41) is 8.53.